The molecular formula is C11H17BrS. The normalized spacial score (nSPS) is 10.7. The van der Waals surface area contributed by atoms with Crippen molar-refractivity contribution in [3.8, 4) is 0 Å². The Balaban J connectivity index is 2.32. The molecule has 0 fully saturated rings. The molecule has 0 saturated carbocycles. The Kier molecular flexibility index (Phi) is 5.04. The number of thiophene rings is 1. The van der Waals surface area contributed by atoms with Crippen molar-refractivity contribution in [2.45, 2.75) is 46.0 Å². The number of halogens is 1. The molecule has 0 radical (unpaired) electrons. The SMILES string of the molecule is CCCCCCc1cc(Br)sc1C. The second-order valence-electron chi connectivity index (χ2n) is 3.44. The van der Waals surface area contributed by atoms with Crippen LogP contribution in [0.15, 0.2) is 9.85 Å². The molecule has 74 valence electrons. The molecule has 1 aromatic heterocycles. The molecule has 0 aliphatic heterocycles. The molecule has 0 aromatic carbocycles. The van der Waals surface area contributed by atoms with Crippen LogP contribution in [0.4, 0.5) is 0 Å². The third kappa shape index (κ3) is 3.82. The molecular weight excluding hydrogens is 244 g/mol. The van der Waals surface area contributed by atoms with Crippen LogP contribution in [0.2, 0.25) is 0 Å². The van der Waals surface area contributed by atoms with E-state index in [4.69, 9.17) is 0 Å². The summed E-state index contributed by atoms with van der Waals surface area (Å²) in [6, 6.07) is 2.27. The van der Waals surface area contributed by atoms with Crippen molar-refractivity contribution < 1.29 is 0 Å². The predicted molar refractivity (Wildman–Crippen MR) is 64.6 cm³/mol. The summed E-state index contributed by atoms with van der Waals surface area (Å²) in [5, 5.41) is 0. The van der Waals surface area contributed by atoms with Gasteiger partial charge in [-0.05, 0) is 47.3 Å². The first-order chi connectivity index (χ1) is 6.24. The van der Waals surface area contributed by atoms with Gasteiger partial charge in [0.2, 0.25) is 0 Å². The minimum absolute atomic E-state index is 1.26. The zero-order chi connectivity index (χ0) is 9.68. The molecule has 0 atom stereocenters. The third-order valence-electron chi connectivity index (χ3n) is 2.29. The molecule has 0 N–H and O–H groups in total. The van der Waals surface area contributed by atoms with Crippen molar-refractivity contribution in [3.63, 3.8) is 0 Å². The first-order valence-corrected chi connectivity index (χ1v) is 6.59. The van der Waals surface area contributed by atoms with E-state index < -0.39 is 0 Å². The fraction of sp³-hybridized carbons (Fsp3) is 0.636. The maximum absolute atomic E-state index is 3.52. The molecule has 0 aliphatic rings. The van der Waals surface area contributed by atoms with Gasteiger partial charge in [0.25, 0.3) is 0 Å². The Hall–Kier alpha value is 0.180. The highest BCUT2D eigenvalue weighted by atomic mass is 79.9. The number of rotatable bonds is 5. The minimum Gasteiger partial charge on any atom is -0.133 e. The van der Waals surface area contributed by atoms with E-state index in [0.29, 0.717) is 0 Å². The molecule has 0 bridgehead atoms. The van der Waals surface area contributed by atoms with Crippen molar-refractivity contribution in [2.75, 3.05) is 0 Å². The lowest BCUT2D eigenvalue weighted by molar-refractivity contribution is 0.666. The highest BCUT2D eigenvalue weighted by molar-refractivity contribution is 9.11. The maximum Gasteiger partial charge on any atom is 0.0704 e. The van der Waals surface area contributed by atoms with Crippen LogP contribution in [0.3, 0.4) is 0 Å². The smallest absolute Gasteiger partial charge is 0.0704 e. The van der Waals surface area contributed by atoms with Gasteiger partial charge in [-0.25, -0.2) is 0 Å². The molecule has 1 rings (SSSR count). The quantitative estimate of drug-likeness (QED) is 0.658. The average molecular weight is 261 g/mol. The third-order valence-corrected chi connectivity index (χ3v) is 3.89. The summed E-state index contributed by atoms with van der Waals surface area (Å²) in [7, 11) is 0. The molecule has 0 saturated heterocycles. The van der Waals surface area contributed by atoms with Gasteiger partial charge in [-0.2, -0.15) is 0 Å². The van der Waals surface area contributed by atoms with E-state index in [9.17, 15) is 0 Å². The first-order valence-electron chi connectivity index (χ1n) is 4.99. The van der Waals surface area contributed by atoms with Crippen LogP contribution >= 0.6 is 27.3 Å². The first kappa shape index (κ1) is 11.3. The second kappa shape index (κ2) is 5.82. The molecule has 0 amide bonds. The van der Waals surface area contributed by atoms with Gasteiger partial charge in [0, 0.05) is 4.88 Å². The summed E-state index contributed by atoms with van der Waals surface area (Å²) in [6.45, 7) is 4.47. The van der Waals surface area contributed by atoms with Gasteiger partial charge < -0.3 is 0 Å². The number of hydrogen-bond acceptors (Lipinski definition) is 1. The van der Waals surface area contributed by atoms with Crippen LogP contribution in [0.1, 0.15) is 43.0 Å². The summed E-state index contributed by atoms with van der Waals surface area (Å²) in [4.78, 5) is 1.48. The van der Waals surface area contributed by atoms with Crippen LogP contribution in [0.25, 0.3) is 0 Å². The van der Waals surface area contributed by atoms with Gasteiger partial charge in [0.1, 0.15) is 0 Å². The van der Waals surface area contributed by atoms with Crippen molar-refractivity contribution in [1.82, 2.24) is 0 Å². The Morgan fingerprint density at radius 1 is 1.31 bits per heavy atom. The van der Waals surface area contributed by atoms with Crippen molar-refractivity contribution in [1.29, 1.82) is 0 Å². The summed E-state index contributed by atoms with van der Waals surface area (Å²) >= 11 is 5.37. The minimum atomic E-state index is 1.26. The number of hydrogen-bond donors (Lipinski definition) is 0. The van der Waals surface area contributed by atoms with Crippen LogP contribution in [-0.4, -0.2) is 0 Å². The molecule has 1 heterocycles. The molecule has 0 unspecified atom stereocenters. The molecule has 1 aromatic rings. The highest BCUT2D eigenvalue weighted by Gasteiger charge is 2.02. The predicted octanol–water partition coefficient (Wildman–Crippen LogP) is 4.94. The lowest BCUT2D eigenvalue weighted by Crippen LogP contribution is -1.84. The number of unbranched alkanes of at least 4 members (excludes halogenated alkanes) is 3. The monoisotopic (exact) mass is 260 g/mol. The Morgan fingerprint density at radius 3 is 2.62 bits per heavy atom. The lowest BCUT2D eigenvalue weighted by Gasteiger charge is -1.98. The zero-order valence-electron chi connectivity index (χ0n) is 8.40. The van der Waals surface area contributed by atoms with Gasteiger partial charge in [-0.15, -0.1) is 11.3 Å². The van der Waals surface area contributed by atoms with Gasteiger partial charge in [0.15, 0.2) is 0 Å². The standard InChI is InChI=1S/C11H17BrS/c1-3-4-5-6-7-10-8-11(12)13-9(10)2/h8H,3-7H2,1-2H3. The van der Waals surface area contributed by atoms with Crippen molar-refractivity contribution in [2.24, 2.45) is 0 Å². The molecule has 2 heteroatoms. The van der Waals surface area contributed by atoms with Gasteiger partial charge in [-0.1, -0.05) is 26.2 Å². The van der Waals surface area contributed by atoms with Crippen LogP contribution < -0.4 is 0 Å². The summed E-state index contributed by atoms with van der Waals surface area (Å²) < 4.78 is 1.27. The fourth-order valence-electron chi connectivity index (χ4n) is 1.47. The Morgan fingerprint density at radius 2 is 2.08 bits per heavy atom. The van der Waals surface area contributed by atoms with Crippen LogP contribution in [0, 0.1) is 6.92 Å². The summed E-state index contributed by atoms with van der Waals surface area (Å²) in [5.74, 6) is 0. The van der Waals surface area contributed by atoms with E-state index in [1.54, 1.807) is 0 Å². The largest absolute Gasteiger partial charge is 0.133 e. The van der Waals surface area contributed by atoms with E-state index in [1.165, 1.54) is 46.3 Å². The number of aryl methyl sites for hydroxylation is 2. The van der Waals surface area contributed by atoms with E-state index in [2.05, 4.69) is 35.8 Å². The molecule has 13 heavy (non-hydrogen) atoms. The van der Waals surface area contributed by atoms with E-state index >= 15 is 0 Å². The van der Waals surface area contributed by atoms with E-state index in [0.717, 1.165) is 0 Å². The lowest BCUT2D eigenvalue weighted by atomic mass is 10.1. The van der Waals surface area contributed by atoms with Crippen LogP contribution in [0.5, 0.6) is 0 Å². The van der Waals surface area contributed by atoms with E-state index in [-0.39, 0.29) is 0 Å². The fourth-order valence-corrected chi connectivity index (χ4v) is 3.26. The molecule has 0 nitrogen and oxygen atoms in total. The summed E-state index contributed by atoms with van der Waals surface area (Å²) in [5.41, 5.74) is 1.54. The summed E-state index contributed by atoms with van der Waals surface area (Å²) in [6.07, 6.45) is 6.69. The van der Waals surface area contributed by atoms with Gasteiger partial charge in [-0.3, -0.25) is 0 Å². The molecule has 0 spiro atoms. The molecule has 0 aliphatic carbocycles. The zero-order valence-corrected chi connectivity index (χ0v) is 10.8. The Labute approximate surface area is 93.5 Å². The maximum atomic E-state index is 3.52. The van der Waals surface area contributed by atoms with Crippen LogP contribution in [-0.2, 0) is 6.42 Å². The van der Waals surface area contributed by atoms with Gasteiger partial charge in [0.05, 0.1) is 3.79 Å². The Bertz CT molecular complexity index is 253. The topological polar surface area (TPSA) is 0 Å². The van der Waals surface area contributed by atoms with Gasteiger partial charge >= 0.3 is 0 Å². The van der Waals surface area contributed by atoms with E-state index in [1.807, 2.05) is 11.3 Å². The second-order valence-corrected chi connectivity index (χ2v) is 6.08. The van der Waals surface area contributed by atoms with Crippen molar-refractivity contribution in [3.05, 3.63) is 20.3 Å². The van der Waals surface area contributed by atoms with Crippen molar-refractivity contribution >= 4 is 27.3 Å². The average Bonchev–Trinajstić information content (AvgIpc) is 2.39. The highest BCUT2D eigenvalue weighted by Crippen LogP contribution is 2.27.